The summed E-state index contributed by atoms with van der Waals surface area (Å²) in [5, 5.41) is 17.1. The quantitative estimate of drug-likeness (QED) is 0.546. The van der Waals surface area contributed by atoms with Crippen LogP contribution in [-0.2, 0) is 11.0 Å². The van der Waals surface area contributed by atoms with Gasteiger partial charge in [0.05, 0.1) is 22.5 Å². The molecule has 26 heavy (non-hydrogen) atoms. The van der Waals surface area contributed by atoms with Crippen molar-refractivity contribution >= 4 is 56.2 Å². The van der Waals surface area contributed by atoms with Crippen molar-refractivity contribution in [3.05, 3.63) is 45.7 Å². The van der Waals surface area contributed by atoms with Crippen molar-refractivity contribution in [1.29, 1.82) is 0 Å². The molecule has 136 valence electrons. The van der Waals surface area contributed by atoms with E-state index in [0.717, 1.165) is 23.9 Å². The lowest BCUT2D eigenvalue weighted by atomic mass is 10.1. The molecule has 0 unspecified atom stereocenters. The number of halogens is 5. The molecule has 1 N–H and O–H groups in total. The normalized spacial score (nSPS) is 11.9. The molecular formula is C15H8BrClF3N3O2S. The molecule has 0 saturated heterocycles. The fourth-order valence-corrected chi connectivity index (χ4v) is 3.57. The number of fused-ring (bicyclic) bond motifs is 1. The number of benzene rings is 1. The Morgan fingerprint density at radius 2 is 2.04 bits per heavy atom. The predicted octanol–water partition coefficient (Wildman–Crippen LogP) is 5.03. The van der Waals surface area contributed by atoms with E-state index in [0.29, 0.717) is 15.5 Å². The highest BCUT2D eigenvalue weighted by Crippen LogP contribution is 2.36. The van der Waals surface area contributed by atoms with Crippen LogP contribution >= 0.6 is 39.3 Å². The van der Waals surface area contributed by atoms with Gasteiger partial charge in [0, 0.05) is 16.1 Å². The van der Waals surface area contributed by atoms with Gasteiger partial charge in [-0.2, -0.15) is 13.2 Å². The minimum atomic E-state index is -4.49. The number of carboxylic acids is 1. The van der Waals surface area contributed by atoms with E-state index < -0.39 is 17.7 Å². The Kier molecular flexibility index (Phi) is 5.18. The first kappa shape index (κ1) is 19.0. The van der Waals surface area contributed by atoms with E-state index in [1.54, 1.807) is 6.20 Å². The molecule has 0 fully saturated rings. The maximum atomic E-state index is 13.0. The molecule has 0 atom stereocenters. The average Bonchev–Trinajstić information content (AvgIpc) is 2.89. The Bertz CT molecular complexity index is 1010. The molecule has 2 heterocycles. The van der Waals surface area contributed by atoms with Gasteiger partial charge in [-0.25, -0.2) is 0 Å². The van der Waals surface area contributed by atoms with E-state index in [-0.39, 0.29) is 21.4 Å². The van der Waals surface area contributed by atoms with Gasteiger partial charge >= 0.3 is 12.1 Å². The van der Waals surface area contributed by atoms with Gasteiger partial charge in [-0.15, -0.1) is 10.2 Å². The number of carbonyl (C=O) groups is 1. The summed E-state index contributed by atoms with van der Waals surface area (Å²) < 4.78 is 41.2. The van der Waals surface area contributed by atoms with E-state index >= 15 is 0 Å². The van der Waals surface area contributed by atoms with Crippen LogP contribution in [0.1, 0.15) is 5.56 Å². The molecule has 1 aromatic carbocycles. The number of rotatable bonds is 4. The third-order valence-electron chi connectivity index (χ3n) is 3.40. The fraction of sp³-hybridized carbons (Fsp3) is 0.133. The Morgan fingerprint density at radius 1 is 1.31 bits per heavy atom. The summed E-state index contributed by atoms with van der Waals surface area (Å²) >= 11 is 10.3. The Labute approximate surface area is 162 Å². The average molecular weight is 467 g/mol. The van der Waals surface area contributed by atoms with Crippen LogP contribution in [0.15, 0.2) is 40.0 Å². The van der Waals surface area contributed by atoms with Gasteiger partial charge in [0.2, 0.25) is 0 Å². The number of carboxylic acid groups (broad SMARTS) is 1. The van der Waals surface area contributed by atoms with Crippen LogP contribution in [-0.4, -0.2) is 31.6 Å². The first-order valence-corrected chi connectivity index (χ1v) is 9.08. The van der Waals surface area contributed by atoms with Crippen LogP contribution in [0.2, 0.25) is 5.15 Å². The summed E-state index contributed by atoms with van der Waals surface area (Å²) in [7, 11) is 0. The van der Waals surface area contributed by atoms with Crippen molar-refractivity contribution in [2.24, 2.45) is 0 Å². The van der Waals surface area contributed by atoms with Crippen molar-refractivity contribution in [2.75, 3.05) is 5.75 Å². The zero-order valence-corrected chi connectivity index (χ0v) is 15.7. The van der Waals surface area contributed by atoms with Gasteiger partial charge in [-0.05, 0) is 34.1 Å². The summed E-state index contributed by atoms with van der Waals surface area (Å²) in [6.07, 6.45) is -2.92. The van der Waals surface area contributed by atoms with Crippen LogP contribution in [0.25, 0.3) is 16.6 Å². The lowest BCUT2D eigenvalue weighted by molar-refractivity contribution is -0.137. The minimum absolute atomic E-state index is 0.0218. The smallest absolute Gasteiger partial charge is 0.416 e. The van der Waals surface area contributed by atoms with Crippen molar-refractivity contribution in [2.45, 2.75) is 11.2 Å². The molecule has 3 rings (SSSR count). The van der Waals surface area contributed by atoms with Crippen molar-refractivity contribution in [1.82, 2.24) is 14.8 Å². The largest absolute Gasteiger partial charge is 0.481 e. The van der Waals surface area contributed by atoms with Crippen LogP contribution in [0, 0.1) is 0 Å². The molecular weight excluding hydrogens is 459 g/mol. The summed E-state index contributed by atoms with van der Waals surface area (Å²) in [5.74, 6) is -1.26. The SMILES string of the molecule is O=C(O)CSc1cc(-n2cc(Br)c3ccc(C(F)(F)F)cc32)c(Cl)nn1. The standard InChI is InChI=1S/C15H8BrClF3N3O2S/c16-9-5-23(10-3-7(15(18,19)20)1-2-8(9)10)11-4-12(21-22-14(11)17)26-6-13(24)25/h1-5H,6H2,(H,24,25). The minimum Gasteiger partial charge on any atom is -0.481 e. The number of thioether (sulfide) groups is 1. The Morgan fingerprint density at radius 3 is 2.69 bits per heavy atom. The number of hydrogen-bond donors (Lipinski definition) is 1. The molecule has 0 radical (unpaired) electrons. The number of nitrogens with zero attached hydrogens (tertiary/aromatic N) is 3. The van der Waals surface area contributed by atoms with Crippen LogP contribution in [0.3, 0.4) is 0 Å². The van der Waals surface area contributed by atoms with Crippen molar-refractivity contribution in [3.63, 3.8) is 0 Å². The zero-order chi connectivity index (χ0) is 19.1. The highest BCUT2D eigenvalue weighted by molar-refractivity contribution is 9.10. The topological polar surface area (TPSA) is 68.0 Å². The lowest BCUT2D eigenvalue weighted by Gasteiger charge is -2.10. The molecule has 5 nitrogen and oxygen atoms in total. The van der Waals surface area contributed by atoms with E-state index in [2.05, 4.69) is 26.1 Å². The molecule has 0 spiro atoms. The predicted molar refractivity (Wildman–Crippen MR) is 94.9 cm³/mol. The molecule has 0 amide bonds. The second kappa shape index (κ2) is 7.09. The molecule has 0 bridgehead atoms. The van der Waals surface area contributed by atoms with E-state index in [1.807, 2.05) is 0 Å². The number of hydrogen-bond acceptors (Lipinski definition) is 4. The number of alkyl halides is 3. The molecule has 2 aromatic heterocycles. The van der Waals surface area contributed by atoms with Crippen LogP contribution in [0.5, 0.6) is 0 Å². The third-order valence-corrected chi connectivity index (χ3v) is 5.18. The van der Waals surface area contributed by atoms with Gasteiger partial charge in [-0.1, -0.05) is 29.4 Å². The highest BCUT2D eigenvalue weighted by Gasteiger charge is 2.31. The second-order valence-corrected chi connectivity index (χ2v) is 7.33. The van der Waals surface area contributed by atoms with Crippen molar-refractivity contribution in [3.8, 4) is 5.69 Å². The lowest BCUT2D eigenvalue weighted by Crippen LogP contribution is -2.05. The summed E-state index contributed by atoms with van der Waals surface area (Å²) in [6, 6.07) is 4.86. The van der Waals surface area contributed by atoms with Crippen LogP contribution in [0.4, 0.5) is 13.2 Å². The molecule has 0 aliphatic carbocycles. The molecule has 0 aliphatic heterocycles. The maximum Gasteiger partial charge on any atom is 0.416 e. The zero-order valence-electron chi connectivity index (χ0n) is 12.6. The van der Waals surface area contributed by atoms with Gasteiger partial charge in [0.1, 0.15) is 5.03 Å². The van der Waals surface area contributed by atoms with Gasteiger partial charge in [-0.3, -0.25) is 4.79 Å². The maximum absolute atomic E-state index is 13.0. The van der Waals surface area contributed by atoms with Gasteiger partial charge in [0.25, 0.3) is 0 Å². The molecule has 11 heteroatoms. The molecule has 0 aliphatic rings. The fourth-order valence-electron chi connectivity index (χ4n) is 2.29. The van der Waals surface area contributed by atoms with E-state index in [9.17, 15) is 18.0 Å². The van der Waals surface area contributed by atoms with E-state index in [1.165, 1.54) is 16.7 Å². The summed E-state index contributed by atoms with van der Waals surface area (Å²) in [4.78, 5) is 10.7. The van der Waals surface area contributed by atoms with E-state index in [4.69, 9.17) is 16.7 Å². The Balaban J connectivity index is 2.15. The van der Waals surface area contributed by atoms with Gasteiger partial charge < -0.3 is 9.67 Å². The number of aliphatic carboxylic acids is 1. The molecule has 0 saturated carbocycles. The number of aromatic nitrogens is 3. The summed E-state index contributed by atoms with van der Waals surface area (Å²) in [5.41, 5.74) is -0.226. The van der Waals surface area contributed by atoms with Crippen molar-refractivity contribution < 1.29 is 23.1 Å². The monoisotopic (exact) mass is 465 g/mol. The first-order valence-electron chi connectivity index (χ1n) is 6.93. The summed E-state index contributed by atoms with van der Waals surface area (Å²) in [6.45, 7) is 0. The second-order valence-electron chi connectivity index (χ2n) is 5.12. The first-order chi connectivity index (χ1) is 12.2. The Hall–Kier alpha value is -1.78. The molecule has 3 aromatic rings. The third kappa shape index (κ3) is 3.81. The van der Waals surface area contributed by atoms with Gasteiger partial charge in [0.15, 0.2) is 5.15 Å². The van der Waals surface area contributed by atoms with Crippen LogP contribution < -0.4 is 0 Å². The highest BCUT2D eigenvalue weighted by atomic mass is 79.9.